The number of halogens is 2. The minimum Gasteiger partial charge on any atom is -0.487 e. The minimum atomic E-state index is -0.585. The lowest BCUT2D eigenvalue weighted by atomic mass is 9.97. The van der Waals surface area contributed by atoms with Gasteiger partial charge in [0.05, 0.1) is 34.8 Å². The molecular formula is C32H29BrClN3O5. The molecule has 2 heterocycles. The molecule has 0 spiro atoms. The number of amides is 2. The highest BCUT2D eigenvalue weighted by atomic mass is 79.9. The first-order chi connectivity index (χ1) is 20.2. The molecule has 42 heavy (non-hydrogen) atoms. The molecule has 3 aromatic carbocycles. The Labute approximate surface area is 257 Å². The van der Waals surface area contributed by atoms with Gasteiger partial charge in [-0.3, -0.25) is 19.4 Å². The van der Waals surface area contributed by atoms with Crippen LogP contribution in [-0.4, -0.2) is 36.1 Å². The number of benzene rings is 3. The van der Waals surface area contributed by atoms with Crippen molar-refractivity contribution in [3.8, 4) is 5.75 Å². The third-order valence-corrected chi connectivity index (χ3v) is 7.52. The number of primary amides is 1. The summed E-state index contributed by atoms with van der Waals surface area (Å²) in [6.45, 7) is 2.46. The summed E-state index contributed by atoms with van der Waals surface area (Å²) in [5, 5.41) is 1.47. The van der Waals surface area contributed by atoms with Crippen LogP contribution >= 0.6 is 27.5 Å². The van der Waals surface area contributed by atoms with Gasteiger partial charge in [0.1, 0.15) is 12.4 Å². The zero-order valence-corrected chi connectivity index (χ0v) is 25.4. The standard InChI is InChI=1S/C17H13BrClNO2.C15H16N2O3/c1-10(18)12-4-2-11(3-5-12)9-22-16-14-8-20-17(21)13(14)6-7-15(16)19;1-20-14(18)9-7-11(15(16)19)13-8-6-10-4-2-3-5-12(10)17-13/h2-8,10H,9H2,1H3;2-6,8,11H,7,9H2,1H3,(H2,16,19). The van der Waals surface area contributed by atoms with Crippen molar-refractivity contribution in [1.82, 2.24) is 4.98 Å². The summed E-state index contributed by atoms with van der Waals surface area (Å²) in [7, 11) is 1.32. The number of aliphatic imine (C=N–C) groups is 1. The number of esters is 1. The number of para-hydroxylation sites is 1. The number of hydrogen-bond donors (Lipinski definition) is 1. The number of nitrogens with two attached hydrogens (primary N) is 1. The molecule has 4 aromatic rings. The molecule has 0 saturated carbocycles. The Balaban J connectivity index is 0.000000194. The Kier molecular flexibility index (Phi) is 10.4. The number of hydrogen-bond acceptors (Lipinski definition) is 6. The molecule has 8 nitrogen and oxygen atoms in total. The average Bonchev–Trinajstić information content (AvgIpc) is 3.37. The second-order valence-corrected chi connectivity index (χ2v) is 11.3. The maximum atomic E-state index is 11.6. The van der Waals surface area contributed by atoms with Crippen molar-refractivity contribution in [1.29, 1.82) is 0 Å². The number of rotatable bonds is 9. The third kappa shape index (κ3) is 7.60. The van der Waals surface area contributed by atoms with Gasteiger partial charge in [-0.1, -0.05) is 76.1 Å². The molecule has 5 rings (SSSR count). The van der Waals surface area contributed by atoms with Crippen LogP contribution in [0, 0.1) is 0 Å². The van der Waals surface area contributed by atoms with Crippen molar-refractivity contribution < 1.29 is 23.9 Å². The topological polar surface area (TPSA) is 121 Å². The van der Waals surface area contributed by atoms with Gasteiger partial charge < -0.3 is 15.2 Å². The summed E-state index contributed by atoms with van der Waals surface area (Å²) in [6.07, 6.45) is 1.94. The SMILES string of the molecule is CC(Br)c1ccc(COc2c(Cl)ccc3c2C=NC3=O)cc1.COC(=O)CCC(C(N)=O)c1ccc2ccccc2n1. The van der Waals surface area contributed by atoms with Crippen molar-refractivity contribution in [2.45, 2.75) is 37.1 Å². The molecule has 0 fully saturated rings. The smallest absolute Gasteiger partial charge is 0.305 e. The van der Waals surface area contributed by atoms with Gasteiger partial charge in [0.15, 0.2) is 0 Å². The van der Waals surface area contributed by atoms with Crippen LogP contribution in [0.3, 0.4) is 0 Å². The number of aromatic nitrogens is 1. The largest absolute Gasteiger partial charge is 0.487 e. The first kappa shape index (κ1) is 30.9. The summed E-state index contributed by atoms with van der Waals surface area (Å²) in [5.74, 6) is -1.19. The molecule has 0 saturated heterocycles. The molecule has 1 aliphatic heterocycles. The molecular weight excluding hydrogens is 622 g/mol. The lowest BCUT2D eigenvalue weighted by Crippen LogP contribution is -2.23. The third-order valence-electron chi connectivity index (χ3n) is 6.70. The van der Waals surface area contributed by atoms with Gasteiger partial charge in [-0.25, -0.2) is 4.99 Å². The number of fused-ring (bicyclic) bond motifs is 2. The molecule has 2 N–H and O–H groups in total. The van der Waals surface area contributed by atoms with Gasteiger partial charge >= 0.3 is 5.97 Å². The Morgan fingerprint density at radius 3 is 2.45 bits per heavy atom. The van der Waals surface area contributed by atoms with Crippen LogP contribution in [0.2, 0.25) is 5.02 Å². The Hall–Kier alpha value is -4.08. The monoisotopic (exact) mass is 649 g/mol. The van der Waals surface area contributed by atoms with Gasteiger partial charge in [-0.15, -0.1) is 0 Å². The molecule has 10 heteroatoms. The number of methoxy groups -OCH3 is 1. The summed E-state index contributed by atoms with van der Waals surface area (Å²) in [4.78, 5) is 42.9. The van der Waals surface area contributed by atoms with Crippen LogP contribution in [0.25, 0.3) is 10.9 Å². The predicted molar refractivity (Wildman–Crippen MR) is 166 cm³/mol. The number of ether oxygens (including phenoxy) is 2. The van der Waals surface area contributed by atoms with E-state index in [0.717, 1.165) is 16.5 Å². The number of nitrogens with zero attached hydrogens (tertiary/aromatic N) is 2. The molecule has 216 valence electrons. The van der Waals surface area contributed by atoms with E-state index in [1.54, 1.807) is 18.2 Å². The fourth-order valence-corrected chi connectivity index (χ4v) is 4.86. The van der Waals surface area contributed by atoms with Crippen LogP contribution in [0.4, 0.5) is 0 Å². The zero-order valence-electron chi connectivity index (χ0n) is 23.1. The Bertz CT molecular complexity index is 1640. The van der Waals surface area contributed by atoms with Crippen LogP contribution in [0.15, 0.2) is 77.8 Å². The molecule has 0 bridgehead atoms. The van der Waals surface area contributed by atoms with E-state index in [1.165, 1.54) is 18.9 Å². The Morgan fingerprint density at radius 1 is 1.02 bits per heavy atom. The highest BCUT2D eigenvalue weighted by molar-refractivity contribution is 9.09. The summed E-state index contributed by atoms with van der Waals surface area (Å²) in [5.41, 5.74) is 10.2. The lowest BCUT2D eigenvalue weighted by molar-refractivity contribution is -0.140. The van der Waals surface area contributed by atoms with Gasteiger partial charge in [-0.2, -0.15) is 0 Å². The minimum absolute atomic E-state index is 0.138. The van der Waals surface area contributed by atoms with E-state index >= 15 is 0 Å². The summed E-state index contributed by atoms with van der Waals surface area (Å²) < 4.78 is 10.4. The number of pyridine rings is 1. The molecule has 2 atom stereocenters. The van der Waals surface area contributed by atoms with Gasteiger partial charge in [-0.05, 0) is 48.7 Å². The van der Waals surface area contributed by atoms with E-state index in [0.29, 0.717) is 45.4 Å². The number of carbonyl (C=O) groups is 3. The highest BCUT2D eigenvalue weighted by Crippen LogP contribution is 2.33. The number of carbonyl (C=O) groups excluding carboxylic acids is 3. The van der Waals surface area contributed by atoms with Gasteiger partial charge in [0.2, 0.25) is 5.91 Å². The van der Waals surface area contributed by atoms with Crippen LogP contribution in [-0.2, 0) is 20.9 Å². The van der Waals surface area contributed by atoms with Gasteiger partial charge in [0, 0.05) is 28.4 Å². The van der Waals surface area contributed by atoms with E-state index in [4.69, 9.17) is 22.1 Å². The molecule has 1 aliphatic rings. The van der Waals surface area contributed by atoms with E-state index in [9.17, 15) is 14.4 Å². The fourth-order valence-electron chi connectivity index (χ4n) is 4.34. The zero-order chi connectivity index (χ0) is 30.2. The fraction of sp³-hybridized carbons (Fsp3) is 0.219. The van der Waals surface area contributed by atoms with Gasteiger partial charge in [0.25, 0.3) is 5.91 Å². The van der Waals surface area contributed by atoms with Crippen LogP contribution in [0.1, 0.15) is 63.3 Å². The second-order valence-electron chi connectivity index (χ2n) is 9.55. The summed E-state index contributed by atoms with van der Waals surface area (Å²) >= 11 is 9.72. The number of alkyl halides is 1. The average molecular weight is 651 g/mol. The van der Waals surface area contributed by atoms with E-state index in [-0.39, 0.29) is 18.3 Å². The Morgan fingerprint density at radius 2 is 1.76 bits per heavy atom. The van der Waals surface area contributed by atoms with Crippen molar-refractivity contribution in [2.24, 2.45) is 10.7 Å². The van der Waals surface area contributed by atoms with E-state index < -0.39 is 11.8 Å². The molecule has 1 aromatic heterocycles. The van der Waals surface area contributed by atoms with Crippen LogP contribution in [0.5, 0.6) is 5.75 Å². The maximum Gasteiger partial charge on any atom is 0.305 e. The molecule has 0 aliphatic carbocycles. The summed E-state index contributed by atoms with van der Waals surface area (Å²) in [6, 6.07) is 22.8. The van der Waals surface area contributed by atoms with Crippen molar-refractivity contribution in [3.05, 3.63) is 106 Å². The molecule has 2 amide bonds. The quantitative estimate of drug-likeness (QED) is 0.159. The maximum absolute atomic E-state index is 11.6. The predicted octanol–water partition coefficient (Wildman–Crippen LogP) is 6.70. The second kappa shape index (κ2) is 14.2. The normalized spacial score (nSPS) is 13.1. The van der Waals surface area contributed by atoms with E-state index in [2.05, 4.69) is 49.7 Å². The van der Waals surface area contributed by atoms with E-state index in [1.807, 2.05) is 42.5 Å². The van der Waals surface area contributed by atoms with Crippen LogP contribution < -0.4 is 10.5 Å². The van der Waals surface area contributed by atoms with Crippen molar-refractivity contribution >= 4 is 62.4 Å². The first-order valence-electron chi connectivity index (χ1n) is 13.2. The molecule has 2 unspecified atom stereocenters. The lowest BCUT2D eigenvalue weighted by Gasteiger charge is -2.12. The first-order valence-corrected chi connectivity index (χ1v) is 14.5. The van der Waals surface area contributed by atoms with Crippen molar-refractivity contribution in [2.75, 3.05) is 7.11 Å². The highest BCUT2D eigenvalue weighted by Gasteiger charge is 2.22. The molecule has 0 radical (unpaired) electrons. The van der Waals surface area contributed by atoms with Crippen molar-refractivity contribution in [3.63, 3.8) is 0 Å².